The molecule has 0 saturated carbocycles. The van der Waals surface area contributed by atoms with Gasteiger partial charge >= 0.3 is 0 Å². The highest BCUT2D eigenvalue weighted by Gasteiger charge is 2.28. The van der Waals surface area contributed by atoms with Gasteiger partial charge in [0.05, 0.1) is 10.6 Å². The molecular formula is C15H19ClN2. The molecule has 0 radical (unpaired) electrons. The molecule has 0 bridgehead atoms. The van der Waals surface area contributed by atoms with Crippen LogP contribution in [0.3, 0.4) is 0 Å². The topological polar surface area (TPSA) is 27.0 Å². The van der Waals surface area contributed by atoms with E-state index in [0.717, 1.165) is 18.8 Å². The van der Waals surface area contributed by atoms with E-state index in [1.54, 1.807) is 0 Å². The number of nitrogens with zero attached hydrogens (tertiary/aromatic N) is 2. The molecule has 1 aromatic carbocycles. The summed E-state index contributed by atoms with van der Waals surface area (Å²) in [4.78, 5) is 2.37. The molecule has 2 rings (SSSR count). The molecule has 1 heterocycles. The van der Waals surface area contributed by atoms with Gasteiger partial charge in [-0.15, -0.1) is 0 Å². The van der Waals surface area contributed by atoms with Crippen LogP contribution in [0.1, 0.15) is 38.7 Å². The molecule has 2 nitrogen and oxygen atoms in total. The zero-order chi connectivity index (χ0) is 13.2. The lowest BCUT2D eigenvalue weighted by atomic mass is 9.78. The van der Waals surface area contributed by atoms with Crippen molar-refractivity contribution in [2.45, 2.75) is 33.1 Å². The smallest absolute Gasteiger partial charge is 0.101 e. The van der Waals surface area contributed by atoms with Gasteiger partial charge in [0.25, 0.3) is 0 Å². The Hall–Kier alpha value is -1.20. The van der Waals surface area contributed by atoms with Crippen molar-refractivity contribution in [2.24, 2.45) is 5.41 Å². The van der Waals surface area contributed by atoms with Crippen LogP contribution in [-0.4, -0.2) is 13.1 Å². The Morgan fingerprint density at radius 1 is 1.39 bits per heavy atom. The highest BCUT2D eigenvalue weighted by atomic mass is 35.5. The molecule has 1 aromatic rings. The van der Waals surface area contributed by atoms with Crippen LogP contribution in [0.25, 0.3) is 0 Å². The zero-order valence-corrected chi connectivity index (χ0v) is 11.8. The minimum atomic E-state index is 0.493. The number of rotatable bonds is 2. The first kappa shape index (κ1) is 13.2. The summed E-state index contributed by atoms with van der Waals surface area (Å²) < 4.78 is 0. The summed E-state index contributed by atoms with van der Waals surface area (Å²) >= 11 is 6.08. The van der Waals surface area contributed by atoms with Crippen LogP contribution >= 0.6 is 11.6 Å². The standard InChI is InChI=1S/C15H19ClN2/c1-3-15(2)6-8-18(9-7-15)13-5-4-12(11-17)14(16)10-13/h4-5,10H,3,6-9H2,1-2H3. The van der Waals surface area contributed by atoms with Crippen molar-refractivity contribution >= 4 is 17.3 Å². The molecule has 0 amide bonds. The van der Waals surface area contributed by atoms with E-state index in [9.17, 15) is 0 Å². The Labute approximate surface area is 114 Å². The van der Waals surface area contributed by atoms with E-state index < -0.39 is 0 Å². The summed E-state index contributed by atoms with van der Waals surface area (Å²) in [6.07, 6.45) is 3.69. The molecule has 1 aliphatic heterocycles. The van der Waals surface area contributed by atoms with Gasteiger partial charge in [-0.05, 0) is 36.5 Å². The third-order valence-corrected chi connectivity index (χ3v) is 4.58. The first-order valence-electron chi connectivity index (χ1n) is 6.52. The van der Waals surface area contributed by atoms with E-state index in [1.807, 2.05) is 18.2 Å². The van der Waals surface area contributed by atoms with Crippen LogP contribution in [0.5, 0.6) is 0 Å². The van der Waals surface area contributed by atoms with Gasteiger partial charge in [0.1, 0.15) is 6.07 Å². The number of anilines is 1. The SMILES string of the molecule is CCC1(C)CCN(c2ccc(C#N)c(Cl)c2)CC1. The molecule has 0 N–H and O–H groups in total. The van der Waals surface area contributed by atoms with E-state index in [2.05, 4.69) is 24.8 Å². The molecule has 96 valence electrons. The minimum absolute atomic E-state index is 0.493. The predicted octanol–water partition coefficient (Wildman–Crippen LogP) is 4.23. The Morgan fingerprint density at radius 2 is 2.06 bits per heavy atom. The van der Waals surface area contributed by atoms with Crippen molar-refractivity contribution in [3.8, 4) is 6.07 Å². The summed E-state index contributed by atoms with van der Waals surface area (Å²) in [6.45, 7) is 6.80. The highest BCUT2D eigenvalue weighted by molar-refractivity contribution is 6.32. The number of nitriles is 1. The molecule has 3 heteroatoms. The Kier molecular flexibility index (Phi) is 3.82. The quantitative estimate of drug-likeness (QED) is 0.798. The van der Waals surface area contributed by atoms with Gasteiger partial charge in [0.15, 0.2) is 0 Å². The summed E-state index contributed by atoms with van der Waals surface area (Å²) in [5, 5.41) is 9.43. The first-order valence-corrected chi connectivity index (χ1v) is 6.90. The van der Waals surface area contributed by atoms with Crippen LogP contribution in [0, 0.1) is 16.7 Å². The van der Waals surface area contributed by atoms with E-state index in [0.29, 0.717) is 16.0 Å². The molecule has 18 heavy (non-hydrogen) atoms. The molecule has 1 fully saturated rings. The second-order valence-electron chi connectivity index (χ2n) is 5.43. The molecule has 0 unspecified atom stereocenters. The second-order valence-corrected chi connectivity index (χ2v) is 5.83. The number of hydrogen-bond donors (Lipinski definition) is 0. The monoisotopic (exact) mass is 262 g/mol. The Morgan fingerprint density at radius 3 is 2.56 bits per heavy atom. The van der Waals surface area contributed by atoms with E-state index >= 15 is 0 Å². The molecule has 0 aliphatic carbocycles. The van der Waals surface area contributed by atoms with Gasteiger partial charge in [0.2, 0.25) is 0 Å². The lowest BCUT2D eigenvalue weighted by molar-refractivity contribution is 0.238. The van der Waals surface area contributed by atoms with Crippen LogP contribution in [0.15, 0.2) is 18.2 Å². The third-order valence-electron chi connectivity index (χ3n) is 4.26. The maximum atomic E-state index is 8.87. The summed E-state index contributed by atoms with van der Waals surface area (Å²) in [7, 11) is 0. The Balaban J connectivity index is 2.11. The largest absolute Gasteiger partial charge is 0.371 e. The van der Waals surface area contributed by atoms with Crippen molar-refractivity contribution in [1.29, 1.82) is 5.26 Å². The minimum Gasteiger partial charge on any atom is -0.371 e. The van der Waals surface area contributed by atoms with Gasteiger partial charge in [-0.1, -0.05) is 31.9 Å². The third kappa shape index (κ3) is 2.62. The molecular weight excluding hydrogens is 244 g/mol. The molecule has 0 atom stereocenters. The van der Waals surface area contributed by atoms with Crippen molar-refractivity contribution in [3.05, 3.63) is 28.8 Å². The average Bonchev–Trinajstić information content (AvgIpc) is 2.39. The fraction of sp³-hybridized carbons (Fsp3) is 0.533. The lowest BCUT2D eigenvalue weighted by Crippen LogP contribution is -2.38. The lowest BCUT2D eigenvalue weighted by Gasteiger charge is -2.40. The van der Waals surface area contributed by atoms with Gasteiger partial charge in [0, 0.05) is 18.8 Å². The molecule has 0 aromatic heterocycles. The Bertz CT molecular complexity index is 468. The second kappa shape index (κ2) is 5.20. The summed E-state index contributed by atoms with van der Waals surface area (Å²) in [5.74, 6) is 0. The maximum absolute atomic E-state index is 8.87. The van der Waals surface area contributed by atoms with Gasteiger partial charge in [-0.25, -0.2) is 0 Å². The average molecular weight is 263 g/mol. The van der Waals surface area contributed by atoms with Crippen molar-refractivity contribution in [1.82, 2.24) is 0 Å². The van der Waals surface area contributed by atoms with Gasteiger partial charge in [-0.3, -0.25) is 0 Å². The van der Waals surface area contributed by atoms with E-state index in [4.69, 9.17) is 16.9 Å². The maximum Gasteiger partial charge on any atom is 0.101 e. The predicted molar refractivity (Wildman–Crippen MR) is 76.0 cm³/mol. The zero-order valence-electron chi connectivity index (χ0n) is 11.0. The van der Waals surface area contributed by atoms with E-state index in [-0.39, 0.29) is 0 Å². The fourth-order valence-electron chi connectivity index (χ4n) is 2.45. The molecule has 1 aliphatic rings. The van der Waals surface area contributed by atoms with E-state index in [1.165, 1.54) is 19.3 Å². The van der Waals surface area contributed by atoms with Gasteiger partial charge < -0.3 is 4.90 Å². The number of benzene rings is 1. The van der Waals surface area contributed by atoms with Crippen molar-refractivity contribution < 1.29 is 0 Å². The van der Waals surface area contributed by atoms with Gasteiger partial charge in [-0.2, -0.15) is 5.26 Å². The summed E-state index contributed by atoms with van der Waals surface area (Å²) in [6, 6.07) is 7.82. The van der Waals surface area contributed by atoms with Crippen LogP contribution < -0.4 is 4.90 Å². The van der Waals surface area contributed by atoms with Crippen LogP contribution in [-0.2, 0) is 0 Å². The van der Waals surface area contributed by atoms with Crippen LogP contribution in [0.4, 0.5) is 5.69 Å². The van der Waals surface area contributed by atoms with Crippen LogP contribution in [0.2, 0.25) is 5.02 Å². The van der Waals surface area contributed by atoms with Crippen molar-refractivity contribution in [3.63, 3.8) is 0 Å². The number of hydrogen-bond acceptors (Lipinski definition) is 2. The molecule has 0 spiro atoms. The number of piperidine rings is 1. The highest BCUT2D eigenvalue weighted by Crippen LogP contribution is 2.36. The number of halogens is 1. The summed E-state index contributed by atoms with van der Waals surface area (Å²) in [5.41, 5.74) is 2.18. The normalized spacial score (nSPS) is 18.4. The fourth-order valence-corrected chi connectivity index (χ4v) is 2.67. The molecule has 1 saturated heterocycles. The first-order chi connectivity index (χ1) is 8.58. The van der Waals surface area contributed by atoms with Crippen molar-refractivity contribution in [2.75, 3.05) is 18.0 Å².